The van der Waals surface area contributed by atoms with Gasteiger partial charge in [-0.05, 0) is 50.6 Å². The minimum absolute atomic E-state index is 0.0675. The molecular formula is C22H25Cl2N3O4. The van der Waals surface area contributed by atoms with Crippen LogP contribution in [0.15, 0.2) is 42.5 Å². The fraction of sp³-hybridized carbons (Fsp3) is 0.318. The summed E-state index contributed by atoms with van der Waals surface area (Å²) in [4.78, 5) is 36.3. The zero-order valence-corrected chi connectivity index (χ0v) is 19.1. The lowest BCUT2D eigenvalue weighted by Crippen LogP contribution is -2.34. The molecule has 7 nitrogen and oxygen atoms in total. The van der Waals surface area contributed by atoms with Gasteiger partial charge < -0.3 is 20.7 Å². The summed E-state index contributed by atoms with van der Waals surface area (Å²) >= 11 is 12.0. The number of amides is 3. The van der Waals surface area contributed by atoms with Gasteiger partial charge in [0.05, 0.1) is 10.6 Å². The van der Waals surface area contributed by atoms with Crippen molar-refractivity contribution >= 4 is 46.8 Å². The Kier molecular flexibility index (Phi) is 8.71. The van der Waals surface area contributed by atoms with Crippen LogP contribution in [0, 0.1) is 0 Å². The number of hydrogen-bond acceptors (Lipinski definition) is 4. The van der Waals surface area contributed by atoms with Crippen LogP contribution in [-0.2, 0) is 16.1 Å². The van der Waals surface area contributed by atoms with Crippen LogP contribution in [0.2, 0.25) is 10.0 Å². The van der Waals surface area contributed by atoms with Crippen molar-refractivity contribution < 1.29 is 19.1 Å². The average Bonchev–Trinajstić information content (AvgIpc) is 2.67. The number of alkyl carbamates (subject to hydrolysis) is 1. The number of anilines is 1. The first-order valence-electron chi connectivity index (χ1n) is 9.63. The van der Waals surface area contributed by atoms with Crippen molar-refractivity contribution in [3.63, 3.8) is 0 Å². The van der Waals surface area contributed by atoms with Crippen molar-refractivity contribution in [2.75, 3.05) is 11.9 Å². The van der Waals surface area contributed by atoms with E-state index in [2.05, 4.69) is 16.0 Å². The molecule has 0 radical (unpaired) electrons. The topological polar surface area (TPSA) is 96.5 Å². The first-order valence-corrected chi connectivity index (χ1v) is 10.4. The number of carbonyl (C=O) groups excluding carboxylic acids is 3. The second-order valence-electron chi connectivity index (χ2n) is 7.69. The van der Waals surface area contributed by atoms with Crippen molar-refractivity contribution in [1.82, 2.24) is 10.6 Å². The number of carbonyl (C=O) groups is 3. The Morgan fingerprint density at radius 1 is 1.00 bits per heavy atom. The first-order chi connectivity index (χ1) is 14.5. The van der Waals surface area contributed by atoms with Crippen molar-refractivity contribution in [3.05, 3.63) is 63.6 Å². The molecule has 0 saturated heterocycles. The molecule has 0 spiro atoms. The second kappa shape index (κ2) is 11.0. The number of para-hydroxylation sites is 1. The molecule has 3 amide bonds. The van der Waals surface area contributed by atoms with Gasteiger partial charge in [0.1, 0.15) is 5.60 Å². The third-order valence-electron chi connectivity index (χ3n) is 3.92. The largest absolute Gasteiger partial charge is 0.444 e. The second-order valence-corrected chi connectivity index (χ2v) is 8.53. The Morgan fingerprint density at radius 2 is 1.71 bits per heavy atom. The highest BCUT2D eigenvalue weighted by molar-refractivity contribution is 6.35. The zero-order chi connectivity index (χ0) is 23.0. The third-order valence-corrected chi connectivity index (χ3v) is 4.49. The minimum Gasteiger partial charge on any atom is -0.444 e. The van der Waals surface area contributed by atoms with Gasteiger partial charge in [-0.3, -0.25) is 9.59 Å². The van der Waals surface area contributed by atoms with E-state index >= 15 is 0 Å². The molecule has 0 bridgehead atoms. The smallest absolute Gasteiger partial charge is 0.407 e. The van der Waals surface area contributed by atoms with E-state index < -0.39 is 11.7 Å². The van der Waals surface area contributed by atoms with Crippen LogP contribution in [0.25, 0.3) is 0 Å². The van der Waals surface area contributed by atoms with Crippen LogP contribution in [0.5, 0.6) is 0 Å². The lowest BCUT2D eigenvalue weighted by atomic mass is 10.1. The van der Waals surface area contributed by atoms with Crippen LogP contribution < -0.4 is 16.0 Å². The number of hydrogen-bond donors (Lipinski definition) is 3. The van der Waals surface area contributed by atoms with E-state index in [0.29, 0.717) is 21.3 Å². The summed E-state index contributed by atoms with van der Waals surface area (Å²) in [7, 11) is 0. The van der Waals surface area contributed by atoms with Crippen LogP contribution in [0.1, 0.15) is 43.1 Å². The molecule has 9 heteroatoms. The molecule has 0 fully saturated rings. The molecule has 2 rings (SSSR count). The van der Waals surface area contributed by atoms with Gasteiger partial charge in [-0.2, -0.15) is 0 Å². The Morgan fingerprint density at radius 3 is 2.42 bits per heavy atom. The monoisotopic (exact) mass is 465 g/mol. The standard InChI is InChI=1S/C22H25Cl2N3O4/c1-22(2,3)31-21(30)25-11-10-19(28)27-18-7-5-4-6-14(18)13-26-20(29)16-12-15(23)8-9-17(16)24/h4-9,12H,10-11,13H2,1-3H3,(H,25,30)(H,26,29)(H,27,28). The van der Waals surface area contributed by atoms with Gasteiger partial charge in [-0.1, -0.05) is 41.4 Å². The van der Waals surface area contributed by atoms with Gasteiger partial charge >= 0.3 is 6.09 Å². The van der Waals surface area contributed by atoms with Gasteiger partial charge in [-0.15, -0.1) is 0 Å². The summed E-state index contributed by atoms with van der Waals surface area (Å²) < 4.78 is 5.12. The van der Waals surface area contributed by atoms with Gasteiger partial charge in [0, 0.05) is 30.2 Å². The minimum atomic E-state index is -0.606. The predicted molar refractivity (Wildman–Crippen MR) is 122 cm³/mol. The molecular weight excluding hydrogens is 441 g/mol. The fourth-order valence-corrected chi connectivity index (χ4v) is 2.92. The molecule has 2 aromatic carbocycles. The van der Waals surface area contributed by atoms with Crippen LogP contribution >= 0.6 is 23.2 Å². The Bertz CT molecular complexity index is 958. The van der Waals surface area contributed by atoms with Gasteiger partial charge in [0.25, 0.3) is 5.91 Å². The van der Waals surface area contributed by atoms with Crippen molar-refractivity contribution in [2.24, 2.45) is 0 Å². The molecule has 0 unspecified atom stereocenters. The van der Waals surface area contributed by atoms with Crippen molar-refractivity contribution in [3.8, 4) is 0 Å². The summed E-state index contributed by atoms with van der Waals surface area (Å²) in [6.07, 6.45) is -0.513. The van der Waals surface area contributed by atoms with Crippen molar-refractivity contribution in [1.29, 1.82) is 0 Å². The molecule has 0 aliphatic rings. The Balaban J connectivity index is 1.90. The van der Waals surface area contributed by atoms with Gasteiger partial charge in [-0.25, -0.2) is 4.79 Å². The van der Waals surface area contributed by atoms with E-state index in [1.54, 1.807) is 57.2 Å². The normalized spacial score (nSPS) is 10.9. The SMILES string of the molecule is CC(C)(C)OC(=O)NCCC(=O)Nc1ccccc1CNC(=O)c1cc(Cl)ccc1Cl. The first kappa shape index (κ1) is 24.5. The maximum absolute atomic E-state index is 12.4. The Labute approximate surface area is 191 Å². The van der Waals surface area contributed by atoms with E-state index in [1.807, 2.05) is 0 Å². The molecule has 0 saturated carbocycles. The summed E-state index contributed by atoms with van der Waals surface area (Å²) in [6, 6.07) is 11.7. The van der Waals surface area contributed by atoms with E-state index in [9.17, 15) is 14.4 Å². The molecule has 0 aliphatic carbocycles. The predicted octanol–water partition coefficient (Wildman–Crippen LogP) is 4.78. The molecule has 0 aromatic heterocycles. The molecule has 0 heterocycles. The maximum atomic E-state index is 12.4. The average molecular weight is 466 g/mol. The number of benzene rings is 2. The molecule has 0 atom stereocenters. The quantitative estimate of drug-likeness (QED) is 0.548. The highest BCUT2D eigenvalue weighted by atomic mass is 35.5. The highest BCUT2D eigenvalue weighted by Gasteiger charge is 2.16. The number of halogens is 2. The summed E-state index contributed by atoms with van der Waals surface area (Å²) in [6.45, 7) is 5.58. The highest BCUT2D eigenvalue weighted by Crippen LogP contribution is 2.21. The van der Waals surface area contributed by atoms with Gasteiger partial charge in [0.2, 0.25) is 5.91 Å². The van der Waals surface area contributed by atoms with E-state index in [-0.39, 0.29) is 36.9 Å². The molecule has 3 N–H and O–H groups in total. The molecule has 166 valence electrons. The number of ether oxygens (including phenoxy) is 1. The van der Waals surface area contributed by atoms with Crippen LogP contribution in [0.3, 0.4) is 0 Å². The van der Waals surface area contributed by atoms with Crippen LogP contribution in [-0.4, -0.2) is 30.1 Å². The Hall–Kier alpha value is -2.77. The summed E-state index contributed by atoms with van der Waals surface area (Å²) in [5.41, 5.74) is 0.930. The fourth-order valence-electron chi connectivity index (χ4n) is 2.54. The van der Waals surface area contributed by atoms with E-state index in [0.717, 1.165) is 0 Å². The summed E-state index contributed by atoms with van der Waals surface area (Å²) in [5, 5.41) is 8.79. The van der Waals surface area contributed by atoms with Gasteiger partial charge in [0.15, 0.2) is 0 Å². The lowest BCUT2D eigenvalue weighted by molar-refractivity contribution is -0.116. The molecule has 31 heavy (non-hydrogen) atoms. The van der Waals surface area contributed by atoms with E-state index in [1.165, 1.54) is 6.07 Å². The van der Waals surface area contributed by atoms with E-state index in [4.69, 9.17) is 27.9 Å². The number of rotatable bonds is 7. The van der Waals surface area contributed by atoms with Crippen LogP contribution in [0.4, 0.5) is 10.5 Å². The number of nitrogens with one attached hydrogen (secondary N) is 3. The molecule has 2 aromatic rings. The zero-order valence-electron chi connectivity index (χ0n) is 17.6. The third kappa shape index (κ3) is 8.47. The summed E-state index contributed by atoms with van der Waals surface area (Å²) in [5.74, 6) is -0.664. The lowest BCUT2D eigenvalue weighted by Gasteiger charge is -2.19. The molecule has 0 aliphatic heterocycles. The van der Waals surface area contributed by atoms with Crippen molar-refractivity contribution in [2.45, 2.75) is 39.3 Å². The maximum Gasteiger partial charge on any atom is 0.407 e.